The second-order valence-corrected chi connectivity index (χ2v) is 3.07. The highest BCUT2D eigenvalue weighted by molar-refractivity contribution is 4.67. The molecule has 0 aromatic heterocycles. The molecule has 0 spiro atoms. The topological polar surface area (TPSA) is 61.7 Å². The normalized spacial score (nSPS) is 30.5. The Morgan fingerprint density at radius 2 is 2.25 bits per heavy atom. The minimum absolute atomic E-state index is 0.111. The molecule has 1 aliphatic heterocycles. The number of rotatable bonds is 4. The van der Waals surface area contributed by atoms with Crippen LogP contribution in [0.4, 0.5) is 0 Å². The van der Waals surface area contributed by atoms with E-state index in [9.17, 15) is 0 Å². The Morgan fingerprint density at radius 3 is 2.92 bits per heavy atom. The standard InChI is InChI=1S/C8H17NO3/c10-5-4-9-6-7-2-1-3-8(11)12-7/h7-11H,1-6H2/t7?,8-/m0/s1. The zero-order valence-corrected chi connectivity index (χ0v) is 7.20. The van der Waals surface area contributed by atoms with Crippen LogP contribution in [0.15, 0.2) is 0 Å². The van der Waals surface area contributed by atoms with Crippen molar-refractivity contribution in [2.24, 2.45) is 0 Å². The summed E-state index contributed by atoms with van der Waals surface area (Å²) in [6, 6.07) is 0. The summed E-state index contributed by atoms with van der Waals surface area (Å²) >= 11 is 0. The number of ether oxygens (including phenoxy) is 1. The van der Waals surface area contributed by atoms with Crippen molar-refractivity contribution in [1.82, 2.24) is 5.32 Å². The fourth-order valence-corrected chi connectivity index (χ4v) is 1.37. The molecule has 1 unspecified atom stereocenters. The maximum absolute atomic E-state index is 9.14. The lowest BCUT2D eigenvalue weighted by Gasteiger charge is -2.26. The van der Waals surface area contributed by atoms with Crippen LogP contribution >= 0.6 is 0 Å². The zero-order valence-electron chi connectivity index (χ0n) is 7.20. The van der Waals surface area contributed by atoms with Gasteiger partial charge in [-0.25, -0.2) is 0 Å². The molecule has 3 N–H and O–H groups in total. The summed E-state index contributed by atoms with van der Waals surface area (Å²) in [6.45, 7) is 1.46. The highest BCUT2D eigenvalue weighted by Crippen LogP contribution is 2.16. The third kappa shape index (κ3) is 3.49. The Kier molecular flexibility index (Phi) is 4.53. The van der Waals surface area contributed by atoms with Crippen molar-refractivity contribution in [2.75, 3.05) is 19.7 Å². The number of aliphatic hydroxyl groups is 2. The first-order valence-electron chi connectivity index (χ1n) is 4.48. The van der Waals surface area contributed by atoms with Crippen LogP contribution in [0.5, 0.6) is 0 Å². The van der Waals surface area contributed by atoms with E-state index in [0.29, 0.717) is 6.54 Å². The highest BCUT2D eigenvalue weighted by Gasteiger charge is 2.19. The Hall–Kier alpha value is -0.160. The van der Waals surface area contributed by atoms with Crippen LogP contribution in [0.1, 0.15) is 19.3 Å². The molecule has 2 atom stereocenters. The van der Waals surface area contributed by atoms with E-state index in [0.717, 1.165) is 25.8 Å². The second kappa shape index (κ2) is 5.48. The van der Waals surface area contributed by atoms with E-state index in [1.165, 1.54) is 0 Å². The molecular formula is C8H17NO3. The fraction of sp³-hybridized carbons (Fsp3) is 1.00. The van der Waals surface area contributed by atoms with Gasteiger partial charge in [-0.3, -0.25) is 0 Å². The van der Waals surface area contributed by atoms with Gasteiger partial charge in [0.15, 0.2) is 6.29 Å². The summed E-state index contributed by atoms with van der Waals surface area (Å²) < 4.78 is 5.24. The maximum atomic E-state index is 9.14. The summed E-state index contributed by atoms with van der Waals surface area (Å²) in [6.07, 6.45) is 2.29. The van der Waals surface area contributed by atoms with E-state index in [1.807, 2.05) is 0 Å². The van der Waals surface area contributed by atoms with Crippen LogP contribution in [0.2, 0.25) is 0 Å². The molecule has 0 aromatic carbocycles. The van der Waals surface area contributed by atoms with E-state index in [2.05, 4.69) is 5.32 Å². The van der Waals surface area contributed by atoms with E-state index < -0.39 is 6.29 Å². The van der Waals surface area contributed by atoms with Crippen LogP contribution in [-0.2, 0) is 4.74 Å². The molecule has 1 heterocycles. The van der Waals surface area contributed by atoms with Crippen molar-refractivity contribution in [2.45, 2.75) is 31.7 Å². The van der Waals surface area contributed by atoms with Gasteiger partial charge in [-0.05, 0) is 19.3 Å². The molecule has 0 radical (unpaired) electrons. The second-order valence-electron chi connectivity index (χ2n) is 3.07. The molecule has 1 saturated heterocycles. The van der Waals surface area contributed by atoms with Gasteiger partial charge in [-0.2, -0.15) is 0 Å². The molecule has 0 bridgehead atoms. The summed E-state index contributed by atoms with van der Waals surface area (Å²) in [5, 5.41) is 20.7. The van der Waals surface area contributed by atoms with Gasteiger partial charge in [-0.1, -0.05) is 0 Å². The smallest absolute Gasteiger partial charge is 0.154 e. The highest BCUT2D eigenvalue weighted by atomic mass is 16.6. The molecule has 0 saturated carbocycles. The van der Waals surface area contributed by atoms with Crippen molar-refractivity contribution in [3.05, 3.63) is 0 Å². The first-order chi connectivity index (χ1) is 5.83. The average Bonchev–Trinajstić information content (AvgIpc) is 2.05. The predicted octanol–water partition coefficient (Wildman–Crippen LogP) is -0.544. The molecule has 0 aromatic rings. The van der Waals surface area contributed by atoms with Crippen LogP contribution in [-0.4, -0.2) is 42.3 Å². The van der Waals surface area contributed by atoms with Gasteiger partial charge in [0, 0.05) is 13.1 Å². The monoisotopic (exact) mass is 175 g/mol. The van der Waals surface area contributed by atoms with Crippen molar-refractivity contribution >= 4 is 0 Å². The van der Waals surface area contributed by atoms with E-state index in [1.54, 1.807) is 0 Å². The van der Waals surface area contributed by atoms with Gasteiger partial charge in [-0.15, -0.1) is 0 Å². The summed E-state index contributed by atoms with van der Waals surface area (Å²) in [5.74, 6) is 0. The molecule has 1 rings (SSSR count). The summed E-state index contributed by atoms with van der Waals surface area (Å²) in [4.78, 5) is 0. The molecule has 1 fully saturated rings. The van der Waals surface area contributed by atoms with Gasteiger partial charge in [0.25, 0.3) is 0 Å². The Morgan fingerprint density at radius 1 is 1.42 bits per heavy atom. The lowest BCUT2D eigenvalue weighted by molar-refractivity contribution is -0.160. The van der Waals surface area contributed by atoms with Gasteiger partial charge in [0.2, 0.25) is 0 Å². The number of hydrogen-bond acceptors (Lipinski definition) is 4. The van der Waals surface area contributed by atoms with Crippen molar-refractivity contribution in [3.8, 4) is 0 Å². The first-order valence-corrected chi connectivity index (χ1v) is 4.48. The van der Waals surface area contributed by atoms with Crippen LogP contribution < -0.4 is 5.32 Å². The number of nitrogens with one attached hydrogen (secondary N) is 1. The Labute approximate surface area is 72.5 Å². The van der Waals surface area contributed by atoms with Crippen molar-refractivity contribution in [1.29, 1.82) is 0 Å². The lowest BCUT2D eigenvalue weighted by Crippen LogP contribution is -2.36. The van der Waals surface area contributed by atoms with E-state index >= 15 is 0 Å². The maximum Gasteiger partial charge on any atom is 0.154 e. The van der Waals surface area contributed by atoms with Gasteiger partial charge >= 0.3 is 0 Å². The fourth-order valence-electron chi connectivity index (χ4n) is 1.37. The number of aliphatic hydroxyl groups excluding tert-OH is 2. The van der Waals surface area contributed by atoms with Crippen LogP contribution in [0, 0.1) is 0 Å². The minimum Gasteiger partial charge on any atom is -0.395 e. The van der Waals surface area contributed by atoms with Crippen LogP contribution in [0.25, 0.3) is 0 Å². The largest absolute Gasteiger partial charge is 0.395 e. The van der Waals surface area contributed by atoms with Crippen LogP contribution in [0.3, 0.4) is 0 Å². The average molecular weight is 175 g/mol. The molecule has 1 aliphatic rings. The van der Waals surface area contributed by atoms with Crippen molar-refractivity contribution < 1.29 is 14.9 Å². The summed E-state index contributed by atoms with van der Waals surface area (Å²) in [7, 11) is 0. The van der Waals surface area contributed by atoms with Crippen molar-refractivity contribution in [3.63, 3.8) is 0 Å². The van der Waals surface area contributed by atoms with Gasteiger partial charge in [0.05, 0.1) is 12.7 Å². The molecule has 72 valence electrons. The lowest BCUT2D eigenvalue weighted by atomic mass is 10.1. The summed E-state index contributed by atoms with van der Waals surface area (Å²) in [5.41, 5.74) is 0. The molecular weight excluding hydrogens is 158 g/mol. The minimum atomic E-state index is -0.584. The first kappa shape index (κ1) is 9.92. The number of hydrogen-bond donors (Lipinski definition) is 3. The molecule has 4 heteroatoms. The molecule has 0 amide bonds. The van der Waals surface area contributed by atoms with E-state index in [4.69, 9.17) is 14.9 Å². The third-order valence-electron chi connectivity index (χ3n) is 1.99. The Bertz CT molecular complexity index is 121. The molecule has 4 nitrogen and oxygen atoms in total. The predicted molar refractivity (Wildman–Crippen MR) is 44.7 cm³/mol. The molecule has 12 heavy (non-hydrogen) atoms. The molecule has 0 aliphatic carbocycles. The van der Waals surface area contributed by atoms with Gasteiger partial charge in [0.1, 0.15) is 0 Å². The van der Waals surface area contributed by atoms with Gasteiger partial charge < -0.3 is 20.3 Å². The van der Waals surface area contributed by atoms with E-state index in [-0.39, 0.29) is 12.7 Å². The SMILES string of the molecule is OCCNCC1CCC[C@@H](O)O1. The zero-order chi connectivity index (χ0) is 8.81. The Balaban J connectivity index is 2.06. The quantitative estimate of drug-likeness (QED) is 0.502. The third-order valence-corrected chi connectivity index (χ3v) is 1.99.